The Hall–Kier alpha value is -3.82. The van der Waals surface area contributed by atoms with Crippen LogP contribution in [-0.2, 0) is 17.5 Å². The quantitative estimate of drug-likeness (QED) is 0.579. The van der Waals surface area contributed by atoms with Crippen LogP contribution in [0, 0.1) is 6.92 Å². The first kappa shape index (κ1) is 22.9. The monoisotopic (exact) mass is 447 g/mol. The molecule has 1 amide bonds. The van der Waals surface area contributed by atoms with Crippen LogP contribution >= 0.6 is 0 Å². The maximum absolute atomic E-state index is 13.0. The summed E-state index contributed by atoms with van der Waals surface area (Å²) in [5.74, 6) is -0.700. The van der Waals surface area contributed by atoms with Crippen molar-refractivity contribution in [2.75, 3.05) is 14.2 Å². The number of carbonyl (C=O) groups excluding carboxylic acids is 2. The van der Waals surface area contributed by atoms with Crippen molar-refractivity contribution in [1.82, 2.24) is 15.1 Å². The van der Waals surface area contributed by atoms with Gasteiger partial charge in [0.1, 0.15) is 11.3 Å². The van der Waals surface area contributed by atoms with Crippen LogP contribution in [0.1, 0.15) is 37.5 Å². The third-order valence-electron chi connectivity index (χ3n) is 4.79. The van der Waals surface area contributed by atoms with Crippen LogP contribution in [0.25, 0.3) is 5.69 Å². The molecule has 0 atom stereocenters. The zero-order chi connectivity index (χ0) is 23.5. The van der Waals surface area contributed by atoms with Crippen molar-refractivity contribution in [3.05, 3.63) is 76.6 Å². The van der Waals surface area contributed by atoms with Gasteiger partial charge in [-0.15, -0.1) is 0 Å². The number of hydrogen-bond donors (Lipinski definition) is 1. The maximum Gasteiger partial charge on any atom is 0.416 e. The van der Waals surface area contributed by atoms with Gasteiger partial charge in [0, 0.05) is 6.54 Å². The summed E-state index contributed by atoms with van der Waals surface area (Å²) in [5.41, 5.74) is 0.819. The maximum atomic E-state index is 13.0. The number of methoxy groups -OCH3 is 2. The molecule has 0 radical (unpaired) electrons. The molecule has 0 aliphatic carbocycles. The largest absolute Gasteiger partial charge is 0.496 e. The number of nitrogens with one attached hydrogen (secondary N) is 1. The van der Waals surface area contributed by atoms with E-state index in [1.165, 1.54) is 37.2 Å². The van der Waals surface area contributed by atoms with Gasteiger partial charge in [-0.2, -0.15) is 18.3 Å². The van der Waals surface area contributed by atoms with E-state index in [9.17, 15) is 22.8 Å². The molecule has 1 heterocycles. The highest BCUT2D eigenvalue weighted by Gasteiger charge is 2.30. The predicted octanol–water partition coefficient (Wildman–Crippen LogP) is 3.92. The minimum absolute atomic E-state index is 0.0982. The molecule has 3 aromatic rings. The van der Waals surface area contributed by atoms with Crippen LogP contribution in [0.15, 0.2) is 48.7 Å². The Morgan fingerprint density at radius 2 is 1.84 bits per heavy atom. The summed E-state index contributed by atoms with van der Waals surface area (Å²) in [7, 11) is 2.68. The first-order valence-electron chi connectivity index (χ1n) is 9.41. The number of nitrogens with zero attached hydrogens (tertiary/aromatic N) is 2. The molecule has 0 fully saturated rings. The lowest BCUT2D eigenvalue weighted by atomic mass is 10.1. The fourth-order valence-corrected chi connectivity index (χ4v) is 3.12. The molecule has 0 aliphatic rings. The number of esters is 1. The van der Waals surface area contributed by atoms with Crippen LogP contribution in [0.5, 0.6) is 5.75 Å². The summed E-state index contributed by atoms with van der Waals surface area (Å²) >= 11 is 0. The van der Waals surface area contributed by atoms with E-state index in [1.54, 1.807) is 25.1 Å². The van der Waals surface area contributed by atoms with Gasteiger partial charge < -0.3 is 14.8 Å². The van der Waals surface area contributed by atoms with Crippen LogP contribution < -0.4 is 10.1 Å². The molecule has 1 N–H and O–H groups in total. The Balaban J connectivity index is 1.78. The molecule has 0 saturated carbocycles. The molecule has 168 valence electrons. The van der Waals surface area contributed by atoms with Crippen molar-refractivity contribution in [3.8, 4) is 11.4 Å². The van der Waals surface area contributed by atoms with Gasteiger partial charge in [0.25, 0.3) is 5.91 Å². The van der Waals surface area contributed by atoms with E-state index >= 15 is 0 Å². The second-order valence-electron chi connectivity index (χ2n) is 6.81. The van der Waals surface area contributed by atoms with Gasteiger partial charge in [0.15, 0.2) is 0 Å². The Bertz CT molecular complexity index is 1160. The number of ether oxygens (including phenoxy) is 2. The lowest BCUT2D eigenvalue weighted by molar-refractivity contribution is -0.137. The van der Waals surface area contributed by atoms with Crippen LogP contribution in [0.2, 0.25) is 0 Å². The number of amides is 1. The average molecular weight is 447 g/mol. The molecule has 0 bridgehead atoms. The SMILES string of the molecule is COC(=O)c1cc(CNC(=O)c2cnn(-c3cccc(C(F)(F)F)c3)c2C)ccc1OC. The molecule has 2 aromatic carbocycles. The van der Waals surface area contributed by atoms with Gasteiger partial charge in [-0.25, -0.2) is 9.48 Å². The first-order chi connectivity index (χ1) is 15.2. The highest BCUT2D eigenvalue weighted by molar-refractivity contribution is 5.95. The van der Waals surface area contributed by atoms with Crippen molar-refractivity contribution in [1.29, 1.82) is 0 Å². The molecule has 3 rings (SSSR count). The van der Waals surface area contributed by atoms with E-state index in [0.717, 1.165) is 12.1 Å². The zero-order valence-corrected chi connectivity index (χ0v) is 17.5. The van der Waals surface area contributed by atoms with Gasteiger partial charge in [-0.3, -0.25) is 4.79 Å². The molecule has 10 heteroatoms. The Morgan fingerprint density at radius 1 is 1.09 bits per heavy atom. The topological polar surface area (TPSA) is 82.5 Å². The summed E-state index contributed by atoms with van der Waals surface area (Å²) in [6.45, 7) is 1.69. The van der Waals surface area contributed by atoms with Crippen molar-refractivity contribution in [3.63, 3.8) is 0 Å². The lowest BCUT2D eigenvalue weighted by Gasteiger charge is -2.11. The van der Waals surface area contributed by atoms with Gasteiger partial charge in [0.2, 0.25) is 0 Å². The minimum atomic E-state index is -4.49. The zero-order valence-electron chi connectivity index (χ0n) is 17.5. The molecule has 0 spiro atoms. The number of carbonyl (C=O) groups is 2. The highest BCUT2D eigenvalue weighted by Crippen LogP contribution is 2.30. The summed E-state index contributed by atoms with van der Waals surface area (Å²) in [5, 5.41) is 6.78. The Morgan fingerprint density at radius 3 is 2.50 bits per heavy atom. The van der Waals surface area contributed by atoms with E-state index in [4.69, 9.17) is 9.47 Å². The number of hydrogen-bond acceptors (Lipinski definition) is 5. The second kappa shape index (κ2) is 9.13. The number of rotatable bonds is 6. The molecule has 7 nitrogen and oxygen atoms in total. The first-order valence-corrected chi connectivity index (χ1v) is 9.41. The summed E-state index contributed by atoms with van der Waals surface area (Å²) < 4.78 is 50.1. The number of alkyl halides is 3. The van der Waals surface area contributed by atoms with E-state index < -0.39 is 23.6 Å². The molecule has 0 aliphatic heterocycles. The number of benzene rings is 2. The standard InChI is InChI=1S/C22H20F3N3O4/c1-13-18(12-27-28(13)16-6-4-5-15(10-16)22(23,24)25)20(29)26-11-14-7-8-19(31-2)17(9-14)21(30)32-3/h4-10,12H,11H2,1-3H3,(H,26,29). The minimum Gasteiger partial charge on any atom is -0.496 e. The summed E-state index contributed by atoms with van der Waals surface area (Å²) in [6.07, 6.45) is -3.20. The van der Waals surface area contributed by atoms with Crippen molar-refractivity contribution >= 4 is 11.9 Å². The second-order valence-corrected chi connectivity index (χ2v) is 6.81. The van der Waals surface area contributed by atoms with E-state index in [1.807, 2.05) is 0 Å². The van der Waals surface area contributed by atoms with Crippen LogP contribution in [-0.4, -0.2) is 35.9 Å². The van der Waals surface area contributed by atoms with E-state index in [2.05, 4.69) is 10.4 Å². The van der Waals surface area contributed by atoms with E-state index in [0.29, 0.717) is 17.0 Å². The van der Waals surface area contributed by atoms with E-state index in [-0.39, 0.29) is 23.4 Å². The molecular weight excluding hydrogens is 427 g/mol. The predicted molar refractivity (Wildman–Crippen MR) is 109 cm³/mol. The fourth-order valence-electron chi connectivity index (χ4n) is 3.12. The van der Waals surface area contributed by atoms with Crippen LogP contribution in [0.4, 0.5) is 13.2 Å². The molecule has 32 heavy (non-hydrogen) atoms. The average Bonchev–Trinajstić information content (AvgIpc) is 3.17. The highest BCUT2D eigenvalue weighted by atomic mass is 19.4. The molecule has 0 saturated heterocycles. The van der Waals surface area contributed by atoms with Crippen molar-refractivity contribution in [2.45, 2.75) is 19.6 Å². The summed E-state index contributed by atoms with van der Waals surface area (Å²) in [6, 6.07) is 9.50. The van der Waals surface area contributed by atoms with Gasteiger partial charge in [-0.1, -0.05) is 12.1 Å². The van der Waals surface area contributed by atoms with Crippen LogP contribution in [0.3, 0.4) is 0 Å². The number of aromatic nitrogens is 2. The fraction of sp³-hybridized carbons (Fsp3) is 0.227. The number of halogens is 3. The van der Waals surface area contributed by atoms with Gasteiger partial charge in [0.05, 0.1) is 42.9 Å². The third kappa shape index (κ3) is 4.74. The van der Waals surface area contributed by atoms with Gasteiger partial charge in [-0.05, 0) is 42.8 Å². The molecular formula is C22H20F3N3O4. The third-order valence-corrected chi connectivity index (χ3v) is 4.79. The van der Waals surface area contributed by atoms with Gasteiger partial charge >= 0.3 is 12.1 Å². The lowest BCUT2D eigenvalue weighted by Crippen LogP contribution is -2.23. The normalized spacial score (nSPS) is 11.2. The van der Waals surface area contributed by atoms with Crippen molar-refractivity contribution < 1.29 is 32.2 Å². The molecule has 1 aromatic heterocycles. The molecule has 0 unspecified atom stereocenters. The smallest absolute Gasteiger partial charge is 0.416 e. The Kier molecular flexibility index (Phi) is 6.52. The van der Waals surface area contributed by atoms with Crippen molar-refractivity contribution in [2.24, 2.45) is 0 Å². The Labute approximate surface area is 181 Å². The summed E-state index contributed by atoms with van der Waals surface area (Å²) in [4.78, 5) is 24.5.